The van der Waals surface area contributed by atoms with Gasteiger partial charge >= 0.3 is 0 Å². The fourth-order valence-corrected chi connectivity index (χ4v) is 3.75. The number of benzene rings is 1. The maximum Gasteiger partial charge on any atom is 0.258 e. The standard InChI is InChI=1S/C20H18N6O/c1-14-12-25(20(27)16-8-5-10-24-11-9-21-19(16)24)13-17-22-23-18(26(14)17)15-6-3-2-4-7-15/h2-11,14H,12-13H2,1H3/t14-/m0/s1. The molecule has 7 heteroatoms. The van der Waals surface area contributed by atoms with Crippen LogP contribution in [0.3, 0.4) is 0 Å². The summed E-state index contributed by atoms with van der Waals surface area (Å²) in [5.41, 5.74) is 2.31. The Bertz CT molecular complexity index is 1130. The van der Waals surface area contributed by atoms with E-state index < -0.39 is 0 Å². The van der Waals surface area contributed by atoms with Crippen LogP contribution >= 0.6 is 0 Å². The van der Waals surface area contributed by atoms with E-state index in [1.54, 1.807) is 6.20 Å². The van der Waals surface area contributed by atoms with E-state index in [1.807, 2.05) is 64.2 Å². The molecule has 1 aromatic carbocycles. The van der Waals surface area contributed by atoms with Crippen LogP contribution in [0, 0.1) is 0 Å². The molecule has 0 fully saturated rings. The van der Waals surface area contributed by atoms with Crippen molar-refractivity contribution in [2.45, 2.75) is 19.5 Å². The SMILES string of the molecule is C[C@H]1CN(C(=O)c2cccn3ccnc23)Cc2nnc(-c3ccccc3)n21. The highest BCUT2D eigenvalue weighted by Crippen LogP contribution is 2.28. The first kappa shape index (κ1) is 15.7. The van der Waals surface area contributed by atoms with Gasteiger partial charge in [-0.3, -0.25) is 4.79 Å². The van der Waals surface area contributed by atoms with Gasteiger partial charge in [0.05, 0.1) is 18.2 Å². The molecule has 3 aromatic heterocycles. The molecule has 0 N–H and O–H groups in total. The minimum atomic E-state index is -0.0332. The highest BCUT2D eigenvalue weighted by molar-refractivity contribution is 5.99. The molecule has 0 saturated carbocycles. The van der Waals surface area contributed by atoms with Crippen molar-refractivity contribution in [2.75, 3.05) is 6.54 Å². The highest BCUT2D eigenvalue weighted by atomic mass is 16.2. The van der Waals surface area contributed by atoms with Gasteiger partial charge in [-0.15, -0.1) is 10.2 Å². The molecule has 4 aromatic rings. The predicted molar refractivity (Wildman–Crippen MR) is 100 cm³/mol. The van der Waals surface area contributed by atoms with Gasteiger partial charge in [0.25, 0.3) is 5.91 Å². The summed E-state index contributed by atoms with van der Waals surface area (Å²) in [5, 5.41) is 8.75. The molecular formula is C20H18N6O. The van der Waals surface area contributed by atoms with E-state index in [0.29, 0.717) is 24.3 Å². The Morgan fingerprint density at radius 2 is 1.93 bits per heavy atom. The number of carbonyl (C=O) groups excluding carboxylic acids is 1. The van der Waals surface area contributed by atoms with Crippen LogP contribution in [0.1, 0.15) is 29.1 Å². The summed E-state index contributed by atoms with van der Waals surface area (Å²) in [6.45, 7) is 3.13. The monoisotopic (exact) mass is 358 g/mol. The van der Waals surface area contributed by atoms with Crippen molar-refractivity contribution >= 4 is 11.6 Å². The summed E-state index contributed by atoms with van der Waals surface area (Å²) in [5.74, 6) is 1.62. The van der Waals surface area contributed by atoms with E-state index in [9.17, 15) is 4.79 Å². The minimum absolute atomic E-state index is 0.0332. The van der Waals surface area contributed by atoms with Crippen molar-refractivity contribution in [3.63, 3.8) is 0 Å². The molecule has 0 unspecified atom stereocenters. The van der Waals surface area contributed by atoms with Crippen LogP contribution in [-0.2, 0) is 6.54 Å². The summed E-state index contributed by atoms with van der Waals surface area (Å²) in [6.07, 6.45) is 5.43. The Labute approximate surface area is 155 Å². The summed E-state index contributed by atoms with van der Waals surface area (Å²) in [7, 11) is 0. The van der Waals surface area contributed by atoms with Gasteiger partial charge in [0.15, 0.2) is 11.6 Å². The van der Waals surface area contributed by atoms with Crippen molar-refractivity contribution in [1.29, 1.82) is 0 Å². The Kier molecular flexibility index (Phi) is 3.53. The van der Waals surface area contributed by atoms with Crippen LogP contribution < -0.4 is 0 Å². The molecule has 0 aliphatic carbocycles. The van der Waals surface area contributed by atoms with Crippen molar-refractivity contribution in [2.24, 2.45) is 0 Å². The third-order valence-electron chi connectivity index (χ3n) is 4.99. The third-order valence-corrected chi connectivity index (χ3v) is 4.99. The molecule has 1 atom stereocenters. The summed E-state index contributed by atoms with van der Waals surface area (Å²) >= 11 is 0. The second kappa shape index (κ2) is 6.05. The van der Waals surface area contributed by atoms with Gasteiger partial charge in [0.1, 0.15) is 5.65 Å². The number of hydrogen-bond donors (Lipinski definition) is 0. The normalized spacial score (nSPS) is 16.5. The lowest BCUT2D eigenvalue weighted by Crippen LogP contribution is -2.40. The van der Waals surface area contributed by atoms with Crippen LogP contribution in [-0.4, -0.2) is 41.5 Å². The van der Waals surface area contributed by atoms with E-state index in [-0.39, 0.29) is 11.9 Å². The lowest BCUT2D eigenvalue weighted by Gasteiger charge is -2.32. The maximum absolute atomic E-state index is 13.2. The second-order valence-electron chi connectivity index (χ2n) is 6.79. The van der Waals surface area contributed by atoms with Crippen LogP contribution in [0.2, 0.25) is 0 Å². The maximum atomic E-state index is 13.2. The second-order valence-corrected chi connectivity index (χ2v) is 6.79. The zero-order chi connectivity index (χ0) is 18.4. The number of aromatic nitrogens is 5. The van der Waals surface area contributed by atoms with Crippen molar-refractivity contribution in [1.82, 2.24) is 29.0 Å². The molecule has 0 bridgehead atoms. The molecule has 7 nitrogen and oxygen atoms in total. The first-order valence-corrected chi connectivity index (χ1v) is 8.92. The average Bonchev–Trinajstić information content (AvgIpc) is 3.35. The van der Waals surface area contributed by atoms with E-state index >= 15 is 0 Å². The molecule has 134 valence electrons. The molecule has 5 rings (SSSR count). The number of rotatable bonds is 2. The highest BCUT2D eigenvalue weighted by Gasteiger charge is 2.30. The van der Waals surface area contributed by atoms with Crippen LogP contribution in [0.5, 0.6) is 0 Å². The van der Waals surface area contributed by atoms with Gasteiger partial charge in [-0.2, -0.15) is 0 Å². The fraction of sp³-hybridized carbons (Fsp3) is 0.200. The first-order chi connectivity index (χ1) is 13.2. The van der Waals surface area contributed by atoms with Crippen LogP contribution in [0.25, 0.3) is 17.0 Å². The smallest absolute Gasteiger partial charge is 0.258 e. The summed E-state index contributed by atoms with van der Waals surface area (Å²) < 4.78 is 3.99. The number of pyridine rings is 1. The van der Waals surface area contributed by atoms with E-state index in [4.69, 9.17) is 0 Å². The largest absolute Gasteiger partial charge is 0.329 e. The van der Waals surface area contributed by atoms with Gasteiger partial charge in [0, 0.05) is 30.7 Å². The minimum Gasteiger partial charge on any atom is -0.329 e. The molecule has 0 spiro atoms. The molecule has 0 radical (unpaired) electrons. The number of amides is 1. The molecular weight excluding hydrogens is 340 g/mol. The quantitative estimate of drug-likeness (QED) is 0.553. The number of fused-ring (bicyclic) bond motifs is 2. The molecule has 4 heterocycles. The van der Waals surface area contributed by atoms with Crippen molar-refractivity contribution < 1.29 is 4.79 Å². The number of hydrogen-bond acceptors (Lipinski definition) is 4. The Hall–Kier alpha value is -3.48. The number of imidazole rings is 1. The topological polar surface area (TPSA) is 68.3 Å². The summed E-state index contributed by atoms with van der Waals surface area (Å²) in [4.78, 5) is 19.3. The van der Waals surface area contributed by atoms with Crippen molar-refractivity contribution in [3.8, 4) is 11.4 Å². The Morgan fingerprint density at radius 1 is 1.07 bits per heavy atom. The van der Waals surface area contributed by atoms with Crippen LogP contribution in [0.15, 0.2) is 61.1 Å². The summed E-state index contributed by atoms with van der Waals surface area (Å²) in [6, 6.07) is 13.8. The van der Waals surface area contributed by atoms with Gasteiger partial charge in [-0.25, -0.2) is 4.98 Å². The molecule has 1 amide bonds. The lowest BCUT2D eigenvalue weighted by atomic mass is 10.1. The fourth-order valence-electron chi connectivity index (χ4n) is 3.75. The van der Waals surface area contributed by atoms with Gasteiger partial charge in [-0.05, 0) is 19.1 Å². The Morgan fingerprint density at radius 3 is 2.78 bits per heavy atom. The molecule has 1 aliphatic rings. The lowest BCUT2D eigenvalue weighted by molar-refractivity contribution is 0.0683. The molecule has 27 heavy (non-hydrogen) atoms. The van der Waals surface area contributed by atoms with E-state index in [2.05, 4.69) is 26.7 Å². The van der Waals surface area contributed by atoms with Crippen molar-refractivity contribution in [3.05, 3.63) is 72.4 Å². The van der Waals surface area contributed by atoms with Gasteiger partial charge in [0.2, 0.25) is 0 Å². The zero-order valence-electron chi connectivity index (χ0n) is 14.9. The van der Waals surface area contributed by atoms with E-state index in [0.717, 1.165) is 17.2 Å². The Balaban J connectivity index is 1.50. The average molecular weight is 358 g/mol. The zero-order valence-corrected chi connectivity index (χ0v) is 14.9. The molecule has 1 aliphatic heterocycles. The number of carbonyl (C=O) groups is 1. The number of nitrogens with zero attached hydrogens (tertiary/aromatic N) is 6. The third kappa shape index (κ3) is 2.51. The molecule has 0 saturated heterocycles. The van der Waals surface area contributed by atoms with E-state index in [1.165, 1.54) is 0 Å². The van der Waals surface area contributed by atoms with Gasteiger partial charge < -0.3 is 13.9 Å². The van der Waals surface area contributed by atoms with Gasteiger partial charge in [-0.1, -0.05) is 30.3 Å². The first-order valence-electron chi connectivity index (χ1n) is 8.92. The van der Waals surface area contributed by atoms with Crippen LogP contribution in [0.4, 0.5) is 0 Å². The predicted octanol–water partition coefficient (Wildman–Crippen LogP) is 2.81.